The first-order chi connectivity index (χ1) is 13.7. The molecule has 3 rings (SSSR count). The van der Waals surface area contributed by atoms with E-state index < -0.39 is 0 Å². The van der Waals surface area contributed by atoms with E-state index in [4.69, 9.17) is 9.47 Å². The Balaban J connectivity index is 1.85. The number of fused-ring (bicyclic) bond motifs is 1. The van der Waals surface area contributed by atoms with Crippen LogP contribution in [-0.2, 0) is 13.0 Å². The molecule has 2 atom stereocenters. The topological polar surface area (TPSA) is 18.5 Å². The number of hydrogen-bond donors (Lipinski definition) is 0. The molecule has 1 aliphatic rings. The van der Waals surface area contributed by atoms with E-state index in [2.05, 4.69) is 78.8 Å². The van der Waals surface area contributed by atoms with Crippen LogP contribution in [0.5, 0.6) is 11.5 Å². The molecule has 29 heavy (non-hydrogen) atoms. The van der Waals surface area contributed by atoms with Gasteiger partial charge in [-0.25, -0.2) is 0 Å². The lowest BCUT2D eigenvalue weighted by Gasteiger charge is -2.39. The second-order valence-corrected chi connectivity index (χ2v) is 9.26. The summed E-state index contributed by atoms with van der Waals surface area (Å²) in [7, 11) is 0. The highest BCUT2D eigenvalue weighted by molar-refractivity contribution is 5.59. The fourth-order valence-electron chi connectivity index (χ4n) is 4.68. The second kappa shape index (κ2) is 8.65. The largest absolute Gasteiger partial charge is 0.488 e. The number of ether oxygens (including phenoxy) is 2. The molecule has 0 saturated heterocycles. The molecule has 2 nitrogen and oxygen atoms in total. The van der Waals surface area contributed by atoms with Gasteiger partial charge in [0, 0.05) is 5.56 Å². The highest BCUT2D eigenvalue weighted by atomic mass is 16.5. The van der Waals surface area contributed by atoms with E-state index in [1.807, 2.05) is 6.07 Å². The van der Waals surface area contributed by atoms with Crippen molar-refractivity contribution < 1.29 is 9.47 Å². The van der Waals surface area contributed by atoms with Crippen molar-refractivity contribution in [3.63, 3.8) is 0 Å². The summed E-state index contributed by atoms with van der Waals surface area (Å²) in [5.74, 6) is 2.63. The van der Waals surface area contributed by atoms with E-state index in [1.54, 1.807) is 0 Å². The van der Waals surface area contributed by atoms with Crippen LogP contribution in [-0.4, -0.2) is 5.60 Å². The van der Waals surface area contributed by atoms with Crippen LogP contribution in [0, 0.1) is 26.7 Å². The molecule has 0 saturated carbocycles. The summed E-state index contributed by atoms with van der Waals surface area (Å²) in [6.07, 6.45) is 5.49. The molecule has 0 bridgehead atoms. The maximum Gasteiger partial charge on any atom is 0.127 e. The lowest BCUT2D eigenvalue weighted by molar-refractivity contribution is 0.0459. The van der Waals surface area contributed by atoms with Crippen LogP contribution in [0.1, 0.15) is 68.4 Å². The van der Waals surface area contributed by atoms with E-state index >= 15 is 0 Å². The number of rotatable bonds is 6. The van der Waals surface area contributed by atoms with Crippen molar-refractivity contribution >= 4 is 0 Å². The summed E-state index contributed by atoms with van der Waals surface area (Å²) in [5, 5.41) is 0. The molecule has 2 aromatic rings. The van der Waals surface area contributed by atoms with E-state index in [9.17, 15) is 0 Å². The molecule has 1 unspecified atom stereocenters. The lowest BCUT2D eigenvalue weighted by Crippen LogP contribution is -2.38. The van der Waals surface area contributed by atoms with Crippen molar-refractivity contribution in [3.8, 4) is 11.5 Å². The Labute approximate surface area is 176 Å². The molecule has 156 valence electrons. The summed E-state index contributed by atoms with van der Waals surface area (Å²) in [6, 6.07) is 10.4. The van der Waals surface area contributed by atoms with Crippen molar-refractivity contribution in [1.82, 2.24) is 0 Å². The Hall–Kier alpha value is -2.22. The predicted molar refractivity (Wildman–Crippen MR) is 122 cm³/mol. The minimum atomic E-state index is -0.117. The van der Waals surface area contributed by atoms with Gasteiger partial charge in [-0.05, 0) is 89.0 Å². The molecular weight excluding hydrogens is 356 g/mol. The van der Waals surface area contributed by atoms with Crippen LogP contribution in [0.2, 0.25) is 0 Å². The van der Waals surface area contributed by atoms with Gasteiger partial charge >= 0.3 is 0 Å². The molecule has 0 radical (unpaired) electrons. The summed E-state index contributed by atoms with van der Waals surface area (Å²) in [4.78, 5) is 0. The smallest absolute Gasteiger partial charge is 0.127 e. The average Bonchev–Trinajstić information content (AvgIpc) is 2.66. The first-order valence-corrected chi connectivity index (χ1v) is 10.8. The fourth-order valence-corrected chi connectivity index (χ4v) is 4.68. The van der Waals surface area contributed by atoms with Gasteiger partial charge in [0.25, 0.3) is 0 Å². The Morgan fingerprint density at radius 2 is 1.79 bits per heavy atom. The molecule has 0 aromatic heterocycles. The standard InChI is InChI=1S/C27H36O2/c1-18(2)15-19(3)16-27(7)14-13-24-22(6)25(20(4)21(5)26(24)29-27)28-17-23-11-9-8-10-12-23/h8-12,15,19H,13-14,16-17H2,1-7H3/t19?,27-/m0/s1. The molecular formula is C27H36O2. The number of benzene rings is 2. The van der Waals surface area contributed by atoms with Gasteiger partial charge in [0.05, 0.1) is 0 Å². The van der Waals surface area contributed by atoms with Gasteiger partial charge in [-0.15, -0.1) is 0 Å². The van der Waals surface area contributed by atoms with Crippen molar-refractivity contribution in [2.75, 3.05) is 0 Å². The third kappa shape index (κ3) is 4.86. The van der Waals surface area contributed by atoms with Crippen LogP contribution in [0.3, 0.4) is 0 Å². The van der Waals surface area contributed by atoms with Crippen LogP contribution < -0.4 is 9.47 Å². The second-order valence-electron chi connectivity index (χ2n) is 9.26. The van der Waals surface area contributed by atoms with Crippen LogP contribution in [0.4, 0.5) is 0 Å². The van der Waals surface area contributed by atoms with Gasteiger partial charge < -0.3 is 9.47 Å². The number of allylic oxidation sites excluding steroid dienone is 2. The zero-order chi connectivity index (χ0) is 21.2. The third-order valence-corrected chi connectivity index (χ3v) is 6.16. The zero-order valence-electron chi connectivity index (χ0n) is 19.2. The van der Waals surface area contributed by atoms with E-state index in [1.165, 1.54) is 33.4 Å². The average molecular weight is 393 g/mol. The molecule has 2 heteroatoms. The first-order valence-electron chi connectivity index (χ1n) is 10.8. The Morgan fingerprint density at radius 3 is 2.45 bits per heavy atom. The predicted octanol–water partition coefficient (Wildman–Crippen LogP) is 7.27. The summed E-state index contributed by atoms with van der Waals surface area (Å²) in [6.45, 7) is 16.0. The highest BCUT2D eigenvalue weighted by Gasteiger charge is 2.35. The minimum absolute atomic E-state index is 0.117. The monoisotopic (exact) mass is 392 g/mol. The summed E-state index contributed by atoms with van der Waals surface area (Å²) in [5.41, 5.74) is 7.42. The molecule has 0 spiro atoms. The SMILES string of the molecule is CC(C)=CC(C)C[C@]1(C)CCc2c(C)c(OCc3ccccc3)c(C)c(C)c2O1. The zero-order valence-corrected chi connectivity index (χ0v) is 19.2. The van der Waals surface area contributed by atoms with Crippen molar-refractivity contribution in [3.05, 3.63) is 69.8 Å². The quantitative estimate of drug-likeness (QED) is 0.481. The first kappa shape index (κ1) is 21.5. The Bertz CT molecular complexity index is 891. The van der Waals surface area contributed by atoms with E-state index in [0.29, 0.717) is 12.5 Å². The normalized spacial score (nSPS) is 19.1. The third-order valence-electron chi connectivity index (χ3n) is 6.16. The van der Waals surface area contributed by atoms with Gasteiger partial charge in [0.2, 0.25) is 0 Å². The molecule has 0 amide bonds. The van der Waals surface area contributed by atoms with Gasteiger partial charge in [0.1, 0.15) is 23.7 Å². The molecule has 1 heterocycles. The Morgan fingerprint density at radius 1 is 1.10 bits per heavy atom. The molecule has 2 aromatic carbocycles. The molecule has 0 aliphatic carbocycles. The molecule has 0 fully saturated rings. The van der Waals surface area contributed by atoms with Crippen molar-refractivity contribution in [2.45, 2.75) is 79.9 Å². The maximum absolute atomic E-state index is 6.70. The summed E-state index contributed by atoms with van der Waals surface area (Å²) < 4.78 is 13.0. The van der Waals surface area contributed by atoms with Crippen LogP contribution in [0.25, 0.3) is 0 Å². The lowest BCUT2D eigenvalue weighted by atomic mass is 9.82. The Kier molecular flexibility index (Phi) is 6.41. The number of hydrogen-bond acceptors (Lipinski definition) is 2. The van der Waals surface area contributed by atoms with E-state index in [-0.39, 0.29) is 5.60 Å². The molecule has 0 N–H and O–H groups in total. The summed E-state index contributed by atoms with van der Waals surface area (Å²) >= 11 is 0. The maximum atomic E-state index is 6.70. The molecule has 1 aliphatic heterocycles. The van der Waals surface area contributed by atoms with Crippen molar-refractivity contribution in [2.24, 2.45) is 5.92 Å². The highest BCUT2D eigenvalue weighted by Crippen LogP contribution is 2.45. The van der Waals surface area contributed by atoms with E-state index in [0.717, 1.165) is 30.8 Å². The van der Waals surface area contributed by atoms with Gasteiger partial charge in [-0.3, -0.25) is 0 Å². The van der Waals surface area contributed by atoms with Crippen molar-refractivity contribution in [1.29, 1.82) is 0 Å². The minimum Gasteiger partial charge on any atom is -0.488 e. The fraction of sp³-hybridized carbons (Fsp3) is 0.481. The van der Waals surface area contributed by atoms with Crippen LogP contribution in [0.15, 0.2) is 42.0 Å². The van der Waals surface area contributed by atoms with Crippen LogP contribution >= 0.6 is 0 Å². The van der Waals surface area contributed by atoms with Gasteiger partial charge in [-0.1, -0.05) is 48.9 Å². The van der Waals surface area contributed by atoms with Gasteiger partial charge in [-0.2, -0.15) is 0 Å². The van der Waals surface area contributed by atoms with Gasteiger partial charge in [0.15, 0.2) is 0 Å².